The van der Waals surface area contributed by atoms with Gasteiger partial charge in [0.2, 0.25) is 0 Å². The summed E-state index contributed by atoms with van der Waals surface area (Å²) < 4.78 is 36.4. The van der Waals surface area contributed by atoms with Gasteiger partial charge in [-0.2, -0.15) is 13.2 Å². The van der Waals surface area contributed by atoms with E-state index < -0.39 is 28.3 Å². The van der Waals surface area contributed by atoms with Crippen molar-refractivity contribution in [2.75, 3.05) is 0 Å². The molecule has 1 aliphatic rings. The smallest absolute Gasteiger partial charge is 0.405 e. The Morgan fingerprint density at radius 1 is 1.54 bits per heavy atom. The lowest BCUT2D eigenvalue weighted by atomic mass is 10.2. The number of halogens is 4. The van der Waals surface area contributed by atoms with Crippen molar-refractivity contribution in [3.63, 3.8) is 0 Å². The molecule has 0 spiro atoms. The monoisotopic (exact) mass is 235 g/mol. The number of thioether (sulfide) groups is 1. The average molecular weight is 236 g/mol. The van der Waals surface area contributed by atoms with Gasteiger partial charge in [-0.3, -0.25) is 10.1 Å². The molecule has 0 aromatic heterocycles. The van der Waals surface area contributed by atoms with Crippen LogP contribution in [0.15, 0.2) is 0 Å². The molecular weight excluding hydrogens is 231 g/mol. The molecule has 1 rings (SSSR count). The van der Waals surface area contributed by atoms with Crippen LogP contribution in [0, 0.1) is 0 Å². The molecule has 0 saturated carbocycles. The largest absolute Gasteiger partial charge is 0.480 e. The van der Waals surface area contributed by atoms with Crippen molar-refractivity contribution in [2.24, 2.45) is 0 Å². The quantitative estimate of drug-likeness (QED) is 0.530. The van der Waals surface area contributed by atoms with Crippen molar-refractivity contribution in [1.82, 2.24) is 5.32 Å². The van der Waals surface area contributed by atoms with Gasteiger partial charge in [-0.25, -0.2) is 0 Å². The van der Waals surface area contributed by atoms with Crippen molar-refractivity contribution in [3.05, 3.63) is 0 Å². The van der Waals surface area contributed by atoms with Crippen LogP contribution in [0.2, 0.25) is 0 Å². The fraction of sp³-hybridized carbons (Fsp3) is 0.800. The van der Waals surface area contributed by atoms with E-state index >= 15 is 0 Å². The summed E-state index contributed by atoms with van der Waals surface area (Å²) in [6.45, 7) is 0. The Kier molecular flexibility index (Phi) is 2.98. The molecule has 1 fully saturated rings. The molecule has 3 nitrogen and oxygen atoms in total. The Bertz CT molecular complexity index is 224. The van der Waals surface area contributed by atoms with Crippen LogP contribution in [0.3, 0.4) is 0 Å². The first kappa shape index (κ1) is 10.9. The van der Waals surface area contributed by atoms with Gasteiger partial charge < -0.3 is 5.11 Å². The minimum Gasteiger partial charge on any atom is -0.480 e. The Morgan fingerprint density at radius 2 is 2.08 bits per heavy atom. The third-order valence-corrected chi connectivity index (χ3v) is 3.05. The van der Waals surface area contributed by atoms with Gasteiger partial charge in [0.1, 0.15) is 16.1 Å². The first-order valence-corrected chi connectivity index (χ1v) is 4.55. The Balaban J connectivity index is 2.78. The molecule has 8 heteroatoms. The number of nitrogens with one attached hydrogen (secondary N) is 1. The zero-order chi connectivity index (χ0) is 10.2. The summed E-state index contributed by atoms with van der Waals surface area (Å²) in [6.07, 6.45) is -4.58. The van der Waals surface area contributed by atoms with Crippen LogP contribution < -0.4 is 5.32 Å². The molecule has 13 heavy (non-hydrogen) atoms. The molecule has 3 atom stereocenters. The molecule has 1 heterocycles. The van der Waals surface area contributed by atoms with Crippen LogP contribution in [-0.2, 0) is 4.79 Å². The van der Waals surface area contributed by atoms with Crippen molar-refractivity contribution < 1.29 is 23.1 Å². The SMILES string of the molecule is O=C(O)C1SC(Cl)NC1C(F)(F)F. The topological polar surface area (TPSA) is 49.3 Å². The standard InChI is InChI=1S/C5H5ClF3NO2S/c6-4-10-2(5(7,8)9)1(13-4)3(11)12/h1-2,4,10H,(H,11,12). The van der Waals surface area contributed by atoms with Crippen molar-refractivity contribution in [3.8, 4) is 0 Å². The molecule has 0 aromatic carbocycles. The molecule has 0 amide bonds. The highest BCUT2D eigenvalue weighted by Crippen LogP contribution is 2.37. The normalized spacial score (nSPS) is 34.9. The van der Waals surface area contributed by atoms with Crippen LogP contribution >= 0.6 is 23.4 Å². The maximum atomic E-state index is 12.1. The van der Waals surface area contributed by atoms with Crippen LogP contribution in [0.5, 0.6) is 0 Å². The Morgan fingerprint density at radius 3 is 2.38 bits per heavy atom. The zero-order valence-electron chi connectivity index (χ0n) is 6.01. The lowest BCUT2D eigenvalue weighted by Crippen LogP contribution is -2.47. The van der Waals surface area contributed by atoms with Crippen LogP contribution in [0.4, 0.5) is 13.2 Å². The van der Waals surface area contributed by atoms with Crippen molar-refractivity contribution >= 4 is 29.3 Å². The second-order valence-electron chi connectivity index (χ2n) is 2.40. The van der Waals surface area contributed by atoms with Crippen LogP contribution in [0.1, 0.15) is 0 Å². The van der Waals surface area contributed by atoms with Gasteiger partial charge in [-0.05, 0) is 0 Å². The van der Waals surface area contributed by atoms with Crippen molar-refractivity contribution in [2.45, 2.75) is 22.3 Å². The van der Waals surface area contributed by atoms with Gasteiger partial charge in [0, 0.05) is 0 Å². The molecule has 0 aromatic rings. The van der Waals surface area contributed by atoms with E-state index in [0.29, 0.717) is 11.8 Å². The summed E-state index contributed by atoms with van der Waals surface area (Å²) in [5.74, 6) is -1.51. The number of carbonyl (C=O) groups is 1. The molecule has 0 aliphatic carbocycles. The molecule has 0 bridgehead atoms. The van der Waals surface area contributed by atoms with E-state index in [9.17, 15) is 18.0 Å². The van der Waals surface area contributed by atoms with Gasteiger partial charge in [0.05, 0.1) is 0 Å². The van der Waals surface area contributed by atoms with E-state index in [-0.39, 0.29) is 0 Å². The van der Waals surface area contributed by atoms with Gasteiger partial charge in [-0.1, -0.05) is 11.6 Å². The summed E-state index contributed by atoms with van der Waals surface area (Å²) in [4.78, 5) is 9.38. The fourth-order valence-electron chi connectivity index (χ4n) is 0.942. The summed E-state index contributed by atoms with van der Waals surface area (Å²) in [6, 6.07) is -2.07. The first-order valence-electron chi connectivity index (χ1n) is 3.17. The second kappa shape index (κ2) is 3.55. The number of rotatable bonds is 1. The average Bonchev–Trinajstić information content (AvgIpc) is 2.29. The van der Waals surface area contributed by atoms with E-state index in [1.165, 1.54) is 0 Å². The minimum absolute atomic E-state index is 0.543. The highest BCUT2D eigenvalue weighted by Gasteiger charge is 2.53. The molecule has 1 saturated heterocycles. The third kappa shape index (κ3) is 2.41. The Labute approximate surface area is 80.6 Å². The molecule has 2 N–H and O–H groups in total. The van der Waals surface area contributed by atoms with Gasteiger partial charge in [0.15, 0.2) is 0 Å². The molecule has 3 unspecified atom stereocenters. The summed E-state index contributed by atoms with van der Waals surface area (Å²) >= 11 is 5.88. The highest BCUT2D eigenvalue weighted by molar-refractivity contribution is 8.02. The predicted molar refractivity (Wildman–Crippen MR) is 41.6 cm³/mol. The van der Waals surface area contributed by atoms with Crippen LogP contribution in [-0.4, -0.2) is 33.4 Å². The number of hydrogen-bond acceptors (Lipinski definition) is 3. The molecule has 1 aliphatic heterocycles. The lowest BCUT2D eigenvalue weighted by molar-refractivity contribution is -0.163. The molecular formula is C5H5ClF3NO2S. The number of alkyl halides is 4. The van der Waals surface area contributed by atoms with E-state index in [1.54, 1.807) is 0 Å². The number of aliphatic carboxylic acids is 1. The van der Waals surface area contributed by atoms with Gasteiger partial charge in [-0.15, -0.1) is 11.8 Å². The van der Waals surface area contributed by atoms with Gasteiger partial charge >= 0.3 is 12.1 Å². The van der Waals surface area contributed by atoms with E-state index in [1.807, 2.05) is 5.32 Å². The highest BCUT2D eigenvalue weighted by atomic mass is 35.5. The number of carboxylic acids is 1. The zero-order valence-corrected chi connectivity index (χ0v) is 7.58. The maximum absolute atomic E-state index is 12.1. The minimum atomic E-state index is -4.58. The molecule has 0 radical (unpaired) electrons. The third-order valence-electron chi connectivity index (χ3n) is 1.48. The van der Waals surface area contributed by atoms with E-state index in [4.69, 9.17) is 16.7 Å². The number of hydrogen-bond donors (Lipinski definition) is 2. The maximum Gasteiger partial charge on any atom is 0.405 e. The summed E-state index contributed by atoms with van der Waals surface area (Å²) in [7, 11) is 0. The van der Waals surface area contributed by atoms with Crippen LogP contribution in [0.25, 0.3) is 0 Å². The van der Waals surface area contributed by atoms with Crippen molar-refractivity contribution in [1.29, 1.82) is 0 Å². The Hall–Kier alpha value is -0.140. The molecule has 76 valence electrons. The van der Waals surface area contributed by atoms with E-state index in [2.05, 4.69) is 0 Å². The lowest BCUT2D eigenvalue weighted by Gasteiger charge is -2.17. The summed E-state index contributed by atoms with van der Waals surface area (Å²) in [5.41, 5.74) is 0. The summed E-state index contributed by atoms with van der Waals surface area (Å²) in [5, 5.41) is 8.83. The van der Waals surface area contributed by atoms with E-state index in [0.717, 1.165) is 0 Å². The second-order valence-corrected chi connectivity index (χ2v) is 4.34. The fourth-order valence-corrected chi connectivity index (χ4v) is 2.40. The van der Waals surface area contributed by atoms with Gasteiger partial charge in [0.25, 0.3) is 0 Å². The first-order chi connectivity index (χ1) is 5.82. The number of carboxylic acid groups (broad SMARTS) is 1. The predicted octanol–water partition coefficient (Wildman–Crippen LogP) is 1.23.